The average Bonchev–Trinajstić information content (AvgIpc) is 2.83. The SMILES string of the molecule is O=C(O)c1cnc(NCCC2CCCC2)cn1. The molecule has 1 aromatic rings. The molecule has 2 rings (SSSR count). The Balaban J connectivity index is 1.76. The second kappa shape index (κ2) is 5.61. The smallest absolute Gasteiger partial charge is 0.356 e. The van der Waals surface area contributed by atoms with Gasteiger partial charge < -0.3 is 10.4 Å². The minimum Gasteiger partial charge on any atom is -0.476 e. The number of hydrogen-bond acceptors (Lipinski definition) is 4. The lowest BCUT2D eigenvalue weighted by molar-refractivity contribution is 0.0690. The van der Waals surface area contributed by atoms with E-state index in [2.05, 4.69) is 15.3 Å². The first-order chi connectivity index (χ1) is 8.25. The molecule has 0 amide bonds. The van der Waals surface area contributed by atoms with Crippen LogP contribution >= 0.6 is 0 Å². The lowest BCUT2D eigenvalue weighted by Crippen LogP contribution is -2.09. The van der Waals surface area contributed by atoms with Crippen LogP contribution in [0.2, 0.25) is 0 Å². The number of rotatable bonds is 5. The van der Waals surface area contributed by atoms with Gasteiger partial charge in [-0.15, -0.1) is 0 Å². The summed E-state index contributed by atoms with van der Waals surface area (Å²) in [6.45, 7) is 0.881. The molecule has 1 aromatic heterocycles. The largest absolute Gasteiger partial charge is 0.476 e. The van der Waals surface area contributed by atoms with Crippen LogP contribution < -0.4 is 5.32 Å². The Morgan fingerprint density at radius 1 is 1.35 bits per heavy atom. The van der Waals surface area contributed by atoms with Crippen LogP contribution in [0.5, 0.6) is 0 Å². The molecule has 1 heterocycles. The fourth-order valence-electron chi connectivity index (χ4n) is 2.23. The summed E-state index contributed by atoms with van der Waals surface area (Å²) in [7, 11) is 0. The minimum atomic E-state index is -1.05. The van der Waals surface area contributed by atoms with Crippen LogP contribution in [0.3, 0.4) is 0 Å². The highest BCUT2D eigenvalue weighted by atomic mass is 16.4. The molecule has 17 heavy (non-hydrogen) atoms. The number of anilines is 1. The summed E-state index contributed by atoms with van der Waals surface area (Å²) < 4.78 is 0. The van der Waals surface area contributed by atoms with E-state index in [1.54, 1.807) is 0 Å². The maximum atomic E-state index is 10.6. The van der Waals surface area contributed by atoms with E-state index in [9.17, 15) is 4.79 Å². The molecule has 5 heteroatoms. The van der Waals surface area contributed by atoms with Crippen LogP contribution in [-0.2, 0) is 0 Å². The fraction of sp³-hybridized carbons (Fsp3) is 0.583. The van der Waals surface area contributed by atoms with Crippen LogP contribution in [0.4, 0.5) is 5.82 Å². The summed E-state index contributed by atoms with van der Waals surface area (Å²) in [6, 6.07) is 0. The van der Waals surface area contributed by atoms with Crippen LogP contribution in [0.1, 0.15) is 42.6 Å². The van der Waals surface area contributed by atoms with E-state index < -0.39 is 5.97 Å². The lowest BCUT2D eigenvalue weighted by Gasteiger charge is -2.09. The van der Waals surface area contributed by atoms with Gasteiger partial charge in [-0.1, -0.05) is 25.7 Å². The number of aromatic carboxylic acids is 1. The Bertz CT molecular complexity index is 372. The van der Waals surface area contributed by atoms with Crippen LogP contribution in [0.15, 0.2) is 12.4 Å². The number of hydrogen-bond donors (Lipinski definition) is 2. The van der Waals surface area contributed by atoms with Crippen molar-refractivity contribution >= 4 is 11.8 Å². The van der Waals surface area contributed by atoms with Gasteiger partial charge in [0.25, 0.3) is 0 Å². The molecule has 0 spiro atoms. The molecule has 1 aliphatic rings. The fourth-order valence-corrected chi connectivity index (χ4v) is 2.23. The second-order valence-corrected chi connectivity index (χ2v) is 4.46. The van der Waals surface area contributed by atoms with Gasteiger partial charge in [-0.25, -0.2) is 14.8 Å². The molecule has 0 radical (unpaired) electrons. The van der Waals surface area contributed by atoms with Crippen molar-refractivity contribution in [3.05, 3.63) is 18.1 Å². The zero-order chi connectivity index (χ0) is 12.1. The van der Waals surface area contributed by atoms with Crippen molar-refractivity contribution in [3.63, 3.8) is 0 Å². The van der Waals surface area contributed by atoms with E-state index in [1.165, 1.54) is 38.1 Å². The normalized spacial score (nSPS) is 16.0. The first-order valence-electron chi connectivity index (χ1n) is 6.05. The van der Waals surface area contributed by atoms with Gasteiger partial charge in [-0.2, -0.15) is 0 Å². The van der Waals surface area contributed by atoms with E-state index in [-0.39, 0.29) is 5.69 Å². The lowest BCUT2D eigenvalue weighted by atomic mass is 10.0. The third-order valence-electron chi connectivity index (χ3n) is 3.20. The molecule has 0 bridgehead atoms. The molecule has 2 N–H and O–H groups in total. The van der Waals surface area contributed by atoms with E-state index >= 15 is 0 Å². The predicted octanol–water partition coefficient (Wildman–Crippen LogP) is 2.17. The Labute approximate surface area is 100 Å². The molecule has 1 aliphatic carbocycles. The Morgan fingerprint density at radius 3 is 2.71 bits per heavy atom. The van der Waals surface area contributed by atoms with E-state index in [0.29, 0.717) is 5.82 Å². The highest BCUT2D eigenvalue weighted by Crippen LogP contribution is 2.27. The van der Waals surface area contributed by atoms with Crippen LogP contribution in [-0.4, -0.2) is 27.6 Å². The predicted molar refractivity (Wildman–Crippen MR) is 64.1 cm³/mol. The molecule has 0 unspecified atom stereocenters. The summed E-state index contributed by atoms with van der Waals surface area (Å²) in [6.07, 6.45) is 9.30. The van der Waals surface area contributed by atoms with E-state index in [4.69, 9.17) is 5.11 Å². The van der Waals surface area contributed by atoms with Crippen molar-refractivity contribution < 1.29 is 9.90 Å². The van der Waals surface area contributed by atoms with Gasteiger partial charge >= 0.3 is 5.97 Å². The van der Waals surface area contributed by atoms with Gasteiger partial charge in [0.2, 0.25) is 0 Å². The molecular formula is C12H17N3O2. The van der Waals surface area contributed by atoms with Gasteiger partial charge in [0.15, 0.2) is 5.69 Å². The Morgan fingerprint density at radius 2 is 2.12 bits per heavy atom. The van der Waals surface area contributed by atoms with Gasteiger partial charge in [0.1, 0.15) is 5.82 Å². The monoisotopic (exact) mass is 235 g/mol. The molecule has 0 aromatic carbocycles. The highest BCUT2D eigenvalue weighted by Gasteiger charge is 2.14. The summed E-state index contributed by atoms with van der Waals surface area (Å²) in [5, 5.41) is 11.8. The third-order valence-corrected chi connectivity index (χ3v) is 3.20. The summed E-state index contributed by atoms with van der Waals surface area (Å²) in [5.74, 6) is 0.441. The van der Waals surface area contributed by atoms with Crippen LogP contribution in [0.25, 0.3) is 0 Å². The quantitative estimate of drug-likeness (QED) is 0.818. The summed E-state index contributed by atoms with van der Waals surface area (Å²) >= 11 is 0. The third kappa shape index (κ3) is 3.41. The number of nitrogens with zero attached hydrogens (tertiary/aromatic N) is 2. The number of carbonyl (C=O) groups is 1. The van der Waals surface area contributed by atoms with E-state index in [1.807, 2.05) is 0 Å². The Kier molecular flexibility index (Phi) is 3.90. The van der Waals surface area contributed by atoms with Gasteiger partial charge in [-0.3, -0.25) is 0 Å². The van der Waals surface area contributed by atoms with Crippen molar-refractivity contribution in [3.8, 4) is 0 Å². The van der Waals surface area contributed by atoms with Crippen molar-refractivity contribution in [1.29, 1.82) is 0 Å². The Hall–Kier alpha value is -1.65. The maximum absolute atomic E-state index is 10.6. The topological polar surface area (TPSA) is 75.1 Å². The molecule has 0 saturated heterocycles. The summed E-state index contributed by atoms with van der Waals surface area (Å²) in [4.78, 5) is 18.4. The molecule has 1 fully saturated rings. The van der Waals surface area contributed by atoms with Crippen molar-refractivity contribution in [2.24, 2.45) is 5.92 Å². The average molecular weight is 235 g/mol. The first-order valence-corrected chi connectivity index (χ1v) is 6.05. The number of aromatic nitrogens is 2. The molecule has 92 valence electrons. The molecule has 0 atom stereocenters. The van der Waals surface area contributed by atoms with Gasteiger partial charge in [0.05, 0.1) is 12.4 Å². The van der Waals surface area contributed by atoms with Crippen molar-refractivity contribution in [2.75, 3.05) is 11.9 Å². The van der Waals surface area contributed by atoms with Crippen molar-refractivity contribution in [2.45, 2.75) is 32.1 Å². The van der Waals surface area contributed by atoms with Crippen LogP contribution in [0, 0.1) is 5.92 Å². The zero-order valence-electron chi connectivity index (χ0n) is 9.72. The molecule has 5 nitrogen and oxygen atoms in total. The highest BCUT2D eigenvalue weighted by molar-refractivity contribution is 5.84. The van der Waals surface area contributed by atoms with Gasteiger partial charge in [0, 0.05) is 6.54 Å². The number of carboxylic acids is 1. The molecule has 1 saturated carbocycles. The molecular weight excluding hydrogens is 218 g/mol. The minimum absolute atomic E-state index is 0.0219. The number of carboxylic acid groups (broad SMARTS) is 1. The maximum Gasteiger partial charge on any atom is 0.356 e. The number of nitrogens with one attached hydrogen (secondary N) is 1. The summed E-state index contributed by atoms with van der Waals surface area (Å²) in [5.41, 5.74) is -0.0219. The van der Waals surface area contributed by atoms with Gasteiger partial charge in [-0.05, 0) is 12.3 Å². The van der Waals surface area contributed by atoms with E-state index in [0.717, 1.165) is 18.9 Å². The second-order valence-electron chi connectivity index (χ2n) is 4.46. The standard InChI is InChI=1S/C12H17N3O2/c16-12(17)10-7-15-11(8-14-10)13-6-5-9-3-1-2-4-9/h7-9H,1-6H2,(H,13,15)(H,16,17). The van der Waals surface area contributed by atoms with Crippen molar-refractivity contribution in [1.82, 2.24) is 9.97 Å². The molecule has 0 aliphatic heterocycles. The first kappa shape index (κ1) is 11.8. The zero-order valence-corrected chi connectivity index (χ0v) is 9.72.